The number of thiocarbonyl (C=S) groups is 1. The van der Waals surface area contributed by atoms with E-state index in [2.05, 4.69) is 39.6 Å². The molecule has 0 saturated carbocycles. The molecular weight excluding hydrogens is 330 g/mol. The lowest BCUT2D eigenvalue weighted by atomic mass is 10.2. The van der Waals surface area contributed by atoms with Gasteiger partial charge in [-0.15, -0.1) is 0 Å². The first-order chi connectivity index (χ1) is 12.1. The van der Waals surface area contributed by atoms with Gasteiger partial charge in [0, 0.05) is 18.7 Å². The molecule has 3 rings (SSSR count). The lowest BCUT2D eigenvalue weighted by Gasteiger charge is -2.25. The van der Waals surface area contributed by atoms with Crippen molar-refractivity contribution in [1.29, 1.82) is 0 Å². The molecule has 3 aromatic rings. The van der Waals surface area contributed by atoms with E-state index in [4.69, 9.17) is 16.7 Å². The van der Waals surface area contributed by atoms with Gasteiger partial charge in [-0.2, -0.15) is 0 Å². The number of anilines is 1. The fourth-order valence-electron chi connectivity index (χ4n) is 2.52. The fraction of sp³-hybridized carbons (Fsp3) is 0.200. The number of rotatable bonds is 5. The van der Waals surface area contributed by atoms with Crippen LogP contribution in [0.4, 0.5) is 5.88 Å². The second-order valence-electron chi connectivity index (χ2n) is 5.98. The molecule has 0 saturated heterocycles. The summed E-state index contributed by atoms with van der Waals surface area (Å²) in [5.41, 5.74) is 4.24. The van der Waals surface area contributed by atoms with Crippen LogP contribution < -0.4 is 5.32 Å². The number of nitrogens with zero attached hydrogens (tertiary/aromatic N) is 2. The first-order valence-electron chi connectivity index (χ1n) is 8.20. The molecule has 0 aliphatic rings. The molecule has 0 aliphatic heterocycles. The topological polar surface area (TPSA) is 41.3 Å². The molecule has 1 heterocycles. The highest BCUT2D eigenvalue weighted by atomic mass is 32.1. The Hall–Kier alpha value is -2.66. The molecule has 0 spiro atoms. The van der Waals surface area contributed by atoms with Crippen molar-refractivity contribution in [2.24, 2.45) is 0 Å². The molecular formula is C20H21N3OS. The molecule has 1 aromatic heterocycles. The summed E-state index contributed by atoms with van der Waals surface area (Å²) in [5.74, 6) is 0.605. The molecule has 1 N–H and O–H groups in total. The van der Waals surface area contributed by atoms with E-state index >= 15 is 0 Å². The Labute approximate surface area is 153 Å². The minimum Gasteiger partial charge on any atom is -0.340 e. The third-order valence-electron chi connectivity index (χ3n) is 4.10. The zero-order valence-electron chi connectivity index (χ0n) is 14.4. The van der Waals surface area contributed by atoms with Crippen molar-refractivity contribution in [3.05, 3.63) is 83.0 Å². The van der Waals surface area contributed by atoms with Crippen LogP contribution in [0, 0.1) is 13.8 Å². The highest BCUT2D eigenvalue weighted by Gasteiger charge is 2.15. The van der Waals surface area contributed by atoms with Crippen LogP contribution in [-0.4, -0.2) is 15.2 Å². The lowest BCUT2D eigenvalue weighted by molar-refractivity contribution is 0.404. The number of nitrogens with one attached hydrogen (secondary N) is 1. The van der Waals surface area contributed by atoms with Crippen molar-refractivity contribution in [3.63, 3.8) is 0 Å². The number of aromatic nitrogens is 1. The van der Waals surface area contributed by atoms with Crippen LogP contribution in [0.3, 0.4) is 0 Å². The van der Waals surface area contributed by atoms with Crippen LogP contribution in [0.15, 0.2) is 65.2 Å². The Morgan fingerprint density at radius 1 is 0.960 bits per heavy atom. The average Bonchev–Trinajstić information content (AvgIpc) is 2.95. The van der Waals surface area contributed by atoms with Gasteiger partial charge in [-0.1, -0.05) is 65.8 Å². The van der Waals surface area contributed by atoms with E-state index in [9.17, 15) is 0 Å². The van der Waals surface area contributed by atoms with Crippen LogP contribution in [0.2, 0.25) is 0 Å². The van der Waals surface area contributed by atoms with E-state index in [1.807, 2.05) is 50.2 Å². The van der Waals surface area contributed by atoms with Gasteiger partial charge in [0.25, 0.3) is 0 Å². The van der Waals surface area contributed by atoms with E-state index in [1.54, 1.807) is 0 Å². The number of hydrogen-bond acceptors (Lipinski definition) is 3. The second kappa shape index (κ2) is 7.94. The molecule has 0 aliphatic carbocycles. The van der Waals surface area contributed by atoms with Gasteiger partial charge < -0.3 is 14.7 Å². The van der Waals surface area contributed by atoms with E-state index in [-0.39, 0.29) is 0 Å². The van der Waals surface area contributed by atoms with Gasteiger partial charge in [0.1, 0.15) is 0 Å². The van der Waals surface area contributed by atoms with Crippen molar-refractivity contribution < 1.29 is 4.52 Å². The van der Waals surface area contributed by atoms with Gasteiger partial charge in [-0.3, -0.25) is 0 Å². The van der Waals surface area contributed by atoms with Crippen LogP contribution in [0.25, 0.3) is 0 Å². The summed E-state index contributed by atoms with van der Waals surface area (Å²) in [6, 6.07) is 20.6. The van der Waals surface area contributed by atoms with Crippen molar-refractivity contribution in [1.82, 2.24) is 10.1 Å². The third kappa shape index (κ3) is 4.45. The van der Waals surface area contributed by atoms with E-state index in [1.165, 1.54) is 11.1 Å². The maximum absolute atomic E-state index is 5.65. The van der Waals surface area contributed by atoms with Crippen molar-refractivity contribution in [3.8, 4) is 0 Å². The number of hydrogen-bond donors (Lipinski definition) is 1. The molecule has 0 bridgehead atoms. The molecule has 4 nitrogen and oxygen atoms in total. The molecule has 0 amide bonds. The van der Waals surface area contributed by atoms with Crippen LogP contribution >= 0.6 is 12.2 Å². The van der Waals surface area contributed by atoms with E-state index in [0.29, 0.717) is 24.1 Å². The lowest BCUT2D eigenvalue weighted by Crippen LogP contribution is -2.33. The Morgan fingerprint density at radius 2 is 1.48 bits per heavy atom. The average molecular weight is 351 g/mol. The van der Waals surface area contributed by atoms with E-state index < -0.39 is 0 Å². The normalized spacial score (nSPS) is 10.5. The van der Waals surface area contributed by atoms with Gasteiger partial charge in [0.05, 0.1) is 5.69 Å². The summed E-state index contributed by atoms with van der Waals surface area (Å²) in [5, 5.41) is 7.80. The second-order valence-corrected chi connectivity index (χ2v) is 6.37. The molecule has 128 valence electrons. The third-order valence-corrected chi connectivity index (χ3v) is 4.46. The van der Waals surface area contributed by atoms with Gasteiger partial charge in [-0.25, -0.2) is 0 Å². The highest BCUT2D eigenvalue weighted by Crippen LogP contribution is 2.19. The number of aryl methyl sites for hydroxylation is 1. The predicted molar refractivity (Wildman–Crippen MR) is 104 cm³/mol. The molecule has 2 aromatic carbocycles. The van der Waals surface area contributed by atoms with Crippen molar-refractivity contribution >= 4 is 23.2 Å². The van der Waals surface area contributed by atoms with Crippen LogP contribution in [0.5, 0.6) is 0 Å². The highest BCUT2D eigenvalue weighted by molar-refractivity contribution is 7.80. The Morgan fingerprint density at radius 3 is 1.92 bits per heavy atom. The monoisotopic (exact) mass is 351 g/mol. The van der Waals surface area contributed by atoms with Gasteiger partial charge in [-0.05, 0) is 37.2 Å². The smallest absolute Gasteiger partial charge is 0.233 e. The minimum atomic E-state index is 0.605. The summed E-state index contributed by atoms with van der Waals surface area (Å²) in [4.78, 5) is 2.12. The van der Waals surface area contributed by atoms with Gasteiger partial charge in [0.2, 0.25) is 5.88 Å². The van der Waals surface area contributed by atoms with Crippen LogP contribution in [0.1, 0.15) is 22.4 Å². The summed E-state index contributed by atoms with van der Waals surface area (Å²) in [7, 11) is 0. The largest absolute Gasteiger partial charge is 0.340 e. The molecule has 25 heavy (non-hydrogen) atoms. The Bertz CT molecular complexity index is 789. The first kappa shape index (κ1) is 17.2. The first-order valence-corrected chi connectivity index (χ1v) is 8.61. The molecule has 0 unspecified atom stereocenters. The summed E-state index contributed by atoms with van der Waals surface area (Å²) < 4.78 is 5.34. The maximum Gasteiger partial charge on any atom is 0.233 e. The summed E-state index contributed by atoms with van der Waals surface area (Å²) in [6.45, 7) is 5.32. The summed E-state index contributed by atoms with van der Waals surface area (Å²) in [6.07, 6.45) is 0. The zero-order chi connectivity index (χ0) is 17.6. The van der Waals surface area contributed by atoms with Crippen molar-refractivity contribution in [2.75, 3.05) is 5.32 Å². The summed E-state index contributed by atoms with van der Waals surface area (Å²) >= 11 is 5.65. The Kier molecular flexibility index (Phi) is 5.46. The number of benzene rings is 2. The standard InChI is InChI=1S/C20H21N3OS/c1-15-16(2)22-24-19(15)21-20(25)23(13-17-9-5-3-6-10-17)14-18-11-7-4-8-12-18/h3-12H,13-14H2,1-2H3,(H,21,25). The van der Waals surface area contributed by atoms with Gasteiger partial charge in [0.15, 0.2) is 5.11 Å². The fourth-order valence-corrected chi connectivity index (χ4v) is 2.74. The SMILES string of the molecule is Cc1noc(NC(=S)N(Cc2ccccc2)Cc2ccccc2)c1C. The predicted octanol–water partition coefficient (Wildman–Crippen LogP) is 4.69. The minimum absolute atomic E-state index is 0.605. The molecule has 5 heteroatoms. The van der Waals surface area contributed by atoms with Crippen molar-refractivity contribution in [2.45, 2.75) is 26.9 Å². The van der Waals surface area contributed by atoms with Gasteiger partial charge >= 0.3 is 0 Å². The molecule has 0 fully saturated rings. The quantitative estimate of drug-likeness (QED) is 0.675. The molecule has 0 atom stereocenters. The Balaban J connectivity index is 1.79. The van der Waals surface area contributed by atoms with E-state index in [0.717, 1.165) is 11.3 Å². The van der Waals surface area contributed by atoms with Crippen LogP contribution in [-0.2, 0) is 13.1 Å². The maximum atomic E-state index is 5.65. The molecule has 0 radical (unpaired) electrons. The zero-order valence-corrected chi connectivity index (χ0v) is 15.2.